The van der Waals surface area contributed by atoms with Gasteiger partial charge in [-0.3, -0.25) is 4.79 Å². The van der Waals surface area contributed by atoms with Gasteiger partial charge in [-0.25, -0.2) is 4.98 Å². The molecule has 152 valence electrons. The number of oxazole rings is 1. The van der Waals surface area contributed by atoms with Gasteiger partial charge in [0.1, 0.15) is 18.1 Å². The molecule has 1 heterocycles. The van der Waals surface area contributed by atoms with Crippen LogP contribution in [0.2, 0.25) is 5.02 Å². The second-order valence-corrected chi connectivity index (χ2v) is 6.90. The van der Waals surface area contributed by atoms with E-state index in [-0.39, 0.29) is 5.91 Å². The molecule has 0 radical (unpaired) electrons. The normalized spacial score (nSPS) is 10.6. The number of halogens is 1. The van der Waals surface area contributed by atoms with Crippen molar-refractivity contribution in [3.63, 3.8) is 0 Å². The van der Waals surface area contributed by atoms with Gasteiger partial charge in [-0.05, 0) is 42.5 Å². The van der Waals surface area contributed by atoms with Crippen LogP contribution in [-0.4, -0.2) is 43.1 Å². The highest BCUT2D eigenvalue weighted by Gasteiger charge is 2.12. The van der Waals surface area contributed by atoms with Crippen LogP contribution >= 0.6 is 11.6 Å². The van der Waals surface area contributed by atoms with Crippen LogP contribution < -0.4 is 9.47 Å². The number of hydrogen-bond donors (Lipinski definition) is 0. The maximum Gasteiger partial charge on any atom is 0.222 e. The number of ether oxygens (including phenoxy) is 2. The molecule has 1 aromatic heterocycles. The Morgan fingerprint density at radius 1 is 1.17 bits per heavy atom. The zero-order chi connectivity index (χ0) is 20.6. The Hall–Kier alpha value is -2.99. The van der Waals surface area contributed by atoms with E-state index in [4.69, 9.17) is 25.5 Å². The van der Waals surface area contributed by atoms with E-state index in [0.29, 0.717) is 48.4 Å². The van der Waals surface area contributed by atoms with Gasteiger partial charge in [0.15, 0.2) is 11.7 Å². The van der Waals surface area contributed by atoms with Crippen molar-refractivity contribution >= 4 is 17.5 Å². The second-order valence-electron chi connectivity index (χ2n) is 6.47. The van der Waals surface area contributed by atoms with Crippen molar-refractivity contribution in [3.8, 4) is 22.8 Å². The molecule has 2 aromatic carbocycles. The number of hydrogen-bond acceptors (Lipinski definition) is 5. The standard InChI is InChI=1S/C22H23ClN2O4/c1-25(12-13-28-19-5-3-4-17(23)14-19)22(26)11-10-21-24-15-20(29-21)16-6-8-18(27-2)9-7-16/h3-9,14-15H,10-13H2,1-2H3. The number of carbonyl (C=O) groups excluding carboxylic acids is 1. The first kappa shape index (κ1) is 20.7. The first-order valence-electron chi connectivity index (χ1n) is 9.26. The summed E-state index contributed by atoms with van der Waals surface area (Å²) in [4.78, 5) is 18.2. The highest BCUT2D eigenvalue weighted by Crippen LogP contribution is 2.23. The molecule has 0 N–H and O–H groups in total. The number of amides is 1. The quantitative estimate of drug-likeness (QED) is 0.516. The number of rotatable bonds is 9. The number of likely N-dealkylation sites (N-methyl/N-ethyl adjacent to an activating group) is 1. The van der Waals surface area contributed by atoms with Crippen LogP contribution in [0.3, 0.4) is 0 Å². The Morgan fingerprint density at radius 3 is 2.69 bits per heavy atom. The van der Waals surface area contributed by atoms with Crippen LogP contribution in [0.5, 0.6) is 11.5 Å². The van der Waals surface area contributed by atoms with E-state index in [1.165, 1.54) is 0 Å². The average molecular weight is 415 g/mol. The van der Waals surface area contributed by atoms with Gasteiger partial charge >= 0.3 is 0 Å². The van der Waals surface area contributed by atoms with Crippen molar-refractivity contribution in [1.82, 2.24) is 9.88 Å². The van der Waals surface area contributed by atoms with E-state index in [9.17, 15) is 4.79 Å². The molecule has 3 rings (SSSR count). The van der Waals surface area contributed by atoms with E-state index >= 15 is 0 Å². The van der Waals surface area contributed by atoms with E-state index < -0.39 is 0 Å². The fourth-order valence-electron chi connectivity index (χ4n) is 2.70. The monoisotopic (exact) mass is 414 g/mol. The number of nitrogens with zero attached hydrogens (tertiary/aromatic N) is 2. The Labute approximate surface area is 175 Å². The number of carbonyl (C=O) groups is 1. The van der Waals surface area contributed by atoms with Gasteiger partial charge in [0.2, 0.25) is 5.91 Å². The second kappa shape index (κ2) is 9.98. The van der Waals surface area contributed by atoms with Crippen molar-refractivity contribution in [1.29, 1.82) is 0 Å². The Bertz CT molecular complexity index is 940. The third-order valence-electron chi connectivity index (χ3n) is 4.40. The number of aryl methyl sites for hydroxylation is 1. The summed E-state index contributed by atoms with van der Waals surface area (Å²) in [5, 5.41) is 0.617. The zero-order valence-corrected chi connectivity index (χ0v) is 17.2. The highest BCUT2D eigenvalue weighted by molar-refractivity contribution is 6.30. The smallest absolute Gasteiger partial charge is 0.222 e. The lowest BCUT2D eigenvalue weighted by atomic mass is 10.2. The Morgan fingerprint density at radius 2 is 1.97 bits per heavy atom. The Balaban J connectivity index is 1.44. The van der Waals surface area contributed by atoms with Crippen molar-refractivity contribution < 1.29 is 18.7 Å². The lowest BCUT2D eigenvalue weighted by Gasteiger charge is -2.17. The molecular weight excluding hydrogens is 392 g/mol. The summed E-state index contributed by atoms with van der Waals surface area (Å²) < 4.78 is 16.5. The minimum atomic E-state index is 0.00360. The minimum Gasteiger partial charge on any atom is -0.497 e. The molecule has 0 saturated heterocycles. The van der Waals surface area contributed by atoms with Crippen LogP contribution in [0, 0.1) is 0 Å². The Kier molecular flexibility index (Phi) is 7.14. The molecule has 0 atom stereocenters. The summed E-state index contributed by atoms with van der Waals surface area (Å²) in [6.45, 7) is 0.872. The summed E-state index contributed by atoms with van der Waals surface area (Å²) in [6, 6.07) is 14.7. The fraction of sp³-hybridized carbons (Fsp3) is 0.273. The lowest BCUT2D eigenvalue weighted by molar-refractivity contribution is -0.130. The highest BCUT2D eigenvalue weighted by atomic mass is 35.5. The van der Waals surface area contributed by atoms with E-state index in [1.807, 2.05) is 36.4 Å². The van der Waals surface area contributed by atoms with Crippen molar-refractivity contribution in [3.05, 3.63) is 65.6 Å². The minimum absolute atomic E-state index is 0.00360. The molecule has 0 aliphatic heterocycles. The molecule has 0 fully saturated rings. The van der Waals surface area contributed by atoms with Gasteiger partial charge in [-0.2, -0.15) is 0 Å². The molecule has 0 bridgehead atoms. The van der Waals surface area contributed by atoms with E-state index in [2.05, 4.69) is 4.98 Å². The van der Waals surface area contributed by atoms with Crippen LogP contribution in [-0.2, 0) is 11.2 Å². The summed E-state index contributed by atoms with van der Waals surface area (Å²) in [5.74, 6) is 2.67. The van der Waals surface area contributed by atoms with Crippen LogP contribution in [0.1, 0.15) is 12.3 Å². The third-order valence-corrected chi connectivity index (χ3v) is 4.63. The maximum atomic E-state index is 12.3. The predicted molar refractivity (Wildman–Crippen MR) is 111 cm³/mol. The summed E-state index contributed by atoms with van der Waals surface area (Å²) in [6.07, 6.45) is 2.43. The molecule has 29 heavy (non-hydrogen) atoms. The largest absolute Gasteiger partial charge is 0.497 e. The van der Waals surface area contributed by atoms with E-state index in [0.717, 1.165) is 11.3 Å². The maximum absolute atomic E-state index is 12.3. The molecule has 0 unspecified atom stereocenters. The third kappa shape index (κ3) is 5.99. The van der Waals surface area contributed by atoms with Gasteiger partial charge < -0.3 is 18.8 Å². The van der Waals surface area contributed by atoms with Gasteiger partial charge in [0, 0.05) is 30.5 Å². The molecular formula is C22H23ClN2O4. The predicted octanol–water partition coefficient (Wildman–Crippen LogP) is 4.47. The first-order valence-corrected chi connectivity index (χ1v) is 9.64. The zero-order valence-electron chi connectivity index (χ0n) is 16.4. The summed E-state index contributed by atoms with van der Waals surface area (Å²) in [7, 11) is 3.38. The summed E-state index contributed by atoms with van der Waals surface area (Å²) >= 11 is 5.93. The fourth-order valence-corrected chi connectivity index (χ4v) is 2.88. The van der Waals surface area contributed by atoms with Crippen molar-refractivity contribution in [2.45, 2.75) is 12.8 Å². The molecule has 1 amide bonds. The van der Waals surface area contributed by atoms with Gasteiger partial charge in [-0.1, -0.05) is 17.7 Å². The number of aromatic nitrogens is 1. The van der Waals surface area contributed by atoms with Crippen LogP contribution in [0.4, 0.5) is 0 Å². The van der Waals surface area contributed by atoms with Crippen molar-refractivity contribution in [2.75, 3.05) is 27.3 Å². The van der Waals surface area contributed by atoms with Crippen LogP contribution in [0.15, 0.2) is 59.1 Å². The molecule has 0 saturated carbocycles. The molecule has 0 aliphatic rings. The average Bonchev–Trinajstić information content (AvgIpc) is 3.21. The first-order chi connectivity index (χ1) is 14.0. The molecule has 3 aromatic rings. The van der Waals surface area contributed by atoms with Gasteiger partial charge in [-0.15, -0.1) is 0 Å². The molecule has 6 nitrogen and oxygen atoms in total. The van der Waals surface area contributed by atoms with Crippen LogP contribution in [0.25, 0.3) is 11.3 Å². The van der Waals surface area contributed by atoms with Gasteiger partial charge in [0.25, 0.3) is 0 Å². The summed E-state index contributed by atoms with van der Waals surface area (Å²) in [5.41, 5.74) is 0.908. The SMILES string of the molecule is COc1ccc(-c2cnc(CCC(=O)N(C)CCOc3cccc(Cl)c3)o2)cc1. The van der Waals surface area contributed by atoms with Gasteiger partial charge in [0.05, 0.1) is 19.9 Å². The van der Waals surface area contributed by atoms with E-state index in [1.54, 1.807) is 37.4 Å². The topological polar surface area (TPSA) is 64.8 Å². The number of benzene rings is 2. The van der Waals surface area contributed by atoms with Crippen molar-refractivity contribution in [2.24, 2.45) is 0 Å². The molecule has 0 aliphatic carbocycles. The molecule has 7 heteroatoms. The lowest BCUT2D eigenvalue weighted by Crippen LogP contribution is -2.31. The molecule has 0 spiro atoms. The number of methoxy groups -OCH3 is 1.